The van der Waals surface area contributed by atoms with Gasteiger partial charge in [0.25, 0.3) is 0 Å². The van der Waals surface area contributed by atoms with Gasteiger partial charge in [0, 0.05) is 11.6 Å². The standard InChI is InChI=1S/C3H2Cl2F2/c4-2-1-3(5,6)7/h1-2H/b2-1+. The van der Waals surface area contributed by atoms with Crippen LogP contribution in [0.25, 0.3) is 0 Å². The predicted molar refractivity (Wildman–Crippen MR) is 25.8 cm³/mol. The average Bonchev–Trinajstić information content (AvgIpc) is 1.30. The van der Waals surface area contributed by atoms with Gasteiger partial charge in [0.2, 0.25) is 0 Å². The van der Waals surface area contributed by atoms with Crippen LogP contribution in [0.2, 0.25) is 0 Å². The third kappa shape index (κ3) is 6.18. The molecule has 0 unspecified atom stereocenters. The highest BCUT2D eigenvalue weighted by Gasteiger charge is 2.18. The largest absolute Gasteiger partial charge is 0.342 e. The summed E-state index contributed by atoms with van der Waals surface area (Å²) in [6, 6.07) is 0. The molecule has 0 N–H and O–H groups in total. The lowest BCUT2D eigenvalue weighted by atomic mass is 10.7. The van der Waals surface area contributed by atoms with Gasteiger partial charge in [-0.25, -0.2) is 0 Å². The van der Waals surface area contributed by atoms with E-state index in [1.165, 1.54) is 0 Å². The Morgan fingerprint density at radius 2 is 1.86 bits per heavy atom. The summed E-state index contributed by atoms with van der Waals surface area (Å²) in [5, 5.41) is -3.29. The van der Waals surface area contributed by atoms with E-state index in [9.17, 15) is 8.78 Å². The van der Waals surface area contributed by atoms with Crippen molar-refractivity contribution in [2.75, 3.05) is 0 Å². The van der Waals surface area contributed by atoms with Gasteiger partial charge in [0.15, 0.2) is 0 Å². The van der Waals surface area contributed by atoms with E-state index in [0.29, 0.717) is 11.6 Å². The van der Waals surface area contributed by atoms with E-state index in [0.717, 1.165) is 0 Å². The van der Waals surface area contributed by atoms with Crippen molar-refractivity contribution in [2.45, 2.75) is 5.38 Å². The third-order valence-electron chi connectivity index (χ3n) is 0.252. The molecule has 0 rings (SSSR count). The first-order valence-electron chi connectivity index (χ1n) is 1.41. The second-order valence-corrected chi connectivity index (χ2v) is 1.59. The lowest BCUT2D eigenvalue weighted by Gasteiger charge is -1.94. The summed E-state index contributed by atoms with van der Waals surface area (Å²) in [5.41, 5.74) is 0.674. The Bertz CT molecular complexity index is 73.5. The number of allylic oxidation sites excluding steroid dienone is 1. The van der Waals surface area contributed by atoms with Crippen molar-refractivity contribution in [3.8, 4) is 0 Å². The van der Waals surface area contributed by atoms with Crippen LogP contribution in [0.15, 0.2) is 11.6 Å². The van der Waals surface area contributed by atoms with E-state index in [4.69, 9.17) is 11.6 Å². The summed E-state index contributed by atoms with van der Waals surface area (Å²) in [7, 11) is 0. The molecule has 0 aliphatic heterocycles. The molecule has 0 spiro atoms. The van der Waals surface area contributed by atoms with Crippen LogP contribution in [0.1, 0.15) is 0 Å². The smallest absolute Gasteiger partial charge is 0.184 e. The van der Waals surface area contributed by atoms with Crippen LogP contribution in [0.3, 0.4) is 0 Å². The first-order valence-corrected chi connectivity index (χ1v) is 2.22. The highest BCUT2D eigenvalue weighted by Crippen LogP contribution is 2.19. The molecule has 0 aliphatic carbocycles. The maximum Gasteiger partial charge on any atom is 0.342 e. The summed E-state index contributed by atoms with van der Waals surface area (Å²) >= 11 is 9.07. The second kappa shape index (κ2) is 2.48. The average molecular weight is 147 g/mol. The highest BCUT2D eigenvalue weighted by atomic mass is 35.5. The van der Waals surface area contributed by atoms with E-state index < -0.39 is 5.38 Å². The topological polar surface area (TPSA) is 0 Å². The van der Waals surface area contributed by atoms with Crippen LogP contribution in [0.5, 0.6) is 0 Å². The minimum atomic E-state index is -3.29. The third-order valence-corrected chi connectivity index (χ3v) is 0.504. The minimum absolute atomic E-state index is 0.385. The fraction of sp³-hybridized carbons (Fsp3) is 0.333. The van der Waals surface area contributed by atoms with Gasteiger partial charge in [-0.2, -0.15) is 8.78 Å². The minimum Gasteiger partial charge on any atom is -0.184 e. The second-order valence-electron chi connectivity index (χ2n) is 0.834. The fourth-order valence-corrected chi connectivity index (χ4v) is 0.357. The molecule has 42 valence electrons. The normalized spacial score (nSPS) is 13.1. The Balaban J connectivity index is 3.56. The monoisotopic (exact) mass is 146 g/mol. The maximum absolute atomic E-state index is 11.3. The van der Waals surface area contributed by atoms with E-state index in [-0.39, 0.29) is 0 Å². The molecule has 0 aromatic rings. The van der Waals surface area contributed by atoms with Crippen molar-refractivity contribution in [1.82, 2.24) is 0 Å². The zero-order valence-electron chi connectivity index (χ0n) is 3.17. The van der Waals surface area contributed by atoms with E-state index in [1.807, 2.05) is 0 Å². The molecule has 0 saturated carbocycles. The van der Waals surface area contributed by atoms with Gasteiger partial charge in [-0.1, -0.05) is 11.6 Å². The van der Waals surface area contributed by atoms with Gasteiger partial charge in [0.05, 0.1) is 0 Å². The summed E-state index contributed by atoms with van der Waals surface area (Å²) in [5.74, 6) is 0. The van der Waals surface area contributed by atoms with Crippen molar-refractivity contribution in [3.63, 3.8) is 0 Å². The fourth-order valence-electron chi connectivity index (χ4n) is 0.0714. The summed E-state index contributed by atoms with van der Waals surface area (Å²) in [4.78, 5) is 0. The summed E-state index contributed by atoms with van der Waals surface area (Å²) < 4.78 is 22.6. The van der Waals surface area contributed by atoms with Gasteiger partial charge in [-0.05, 0) is 11.6 Å². The van der Waals surface area contributed by atoms with Crippen LogP contribution >= 0.6 is 23.2 Å². The van der Waals surface area contributed by atoms with Gasteiger partial charge >= 0.3 is 5.38 Å². The molecule has 0 radical (unpaired) electrons. The van der Waals surface area contributed by atoms with E-state index in [2.05, 4.69) is 11.6 Å². The quantitative estimate of drug-likeness (QED) is 0.500. The van der Waals surface area contributed by atoms with Crippen molar-refractivity contribution in [2.24, 2.45) is 0 Å². The number of hydrogen-bond acceptors (Lipinski definition) is 0. The molecule has 0 saturated heterocycles. The Morgan fingerprint density at radius 3 is 1.86 bits per heavy atom. The Hall–Kier alpha value is 0.180. The number of alkyl halides is 3. The van der Waals surface area contributed by atoms with Gasteiger partial charge in [-0.3, -0.25) is 0 Å². The van der Waals surface area contributed by atoms with Crippen LogP contribution in [0, 0.1) is 0 Å². The van der Waals surface area contributed by atoms with Crippen molar-refractivity contribution in [1.29, 1.82) is 0 Å². The Kier molecular flexibility index (Phi) is 2.54. The molecule has 0 fully saturated rings. The van der Waals surface area contributed by atoms with Crippen LogP contribution in [0.4, 0.5) is 8.78 Å². The molecule has 0 amide bonds. The Morgan fingerprint density at radius 1 is 1.43 bits per heavy atom. The van der Waals surface area contributed by atoms with Crippen LogP contribution in [-0.2, 0) is 0 Å². The molecule has 7 heavy (non-hydrogen) atoms. The van der Waals surface area contributed by atoms with Crippen molar-refractivity contribution in [3.05, 3.63) is 11.6 Å². The summed E-state index contributed by atoms with van der Waals surface area (Å²) in [6.45, 7) is 0. The Labute approximate surface area is 49.7 Å². The van der Waals surface area contributed by atoms with E-state index in [1.54, 1.807) is 0 Å². The van der Waals surface area contributed by atoms with Gasteiger partial charge in [-0.15, -0.1) is 0 Å². The number of hydrogen-bond donors (Lipinski definition) is 0. The van der Waals surface area contributed by atoms with Crippen molar-refractivity contribution < 1.29 is 8.78 Å². The molecule has 0 bridgehead atoms. The van der Waals surface area contributed by atoms with E-state index >= 15 is 0 Å². The molecule has 0 nitrogen and oxygen atoms in total. The molecule has 0 atom stereocenters. The molecule has 0 aromatic carbocycles. The van der Waals surface area contributed by atoms with Crippen LogP contribution in [-0.4, -0.2) is 5.38 Å². The SMILES string of the molecule is FC(F)(Cl)/C=C/Cl. The number of halogens is 4. The lowest BCUT2D eigenvalue weighted by Crippen LogP contribution is -1.96. The van der Waals surface area contributed by atoms with Crippen molar-refractivity contribution >= 4 is 23.2 Å². The predicted octanol–water partition coefficient (Wildman–Crippen LogP) is 2.57. The highest BCUT2D eigenvalue weighted by molar-refractivity contribution is 6.27. The molecule has 0 aromatic heterocycles. The molecule has 0 aliphatic rings. The van der Waals surface area contributed by atoms with Crippen LogP contribution < -0.4 is 0 Å². The molecular formula is C3H2Cl2F2. The molecule has 0 heterocycles. The van der Waals surface area contributed by atoms with Gasteiger partial charge < -0.3 is 0 Å². The number of rotatable bonds is 1. The zero-order chi connectivity index (χ0) is 5.91. The maximum atomic E-state index is 11.3. The lowest BCUT2D eigenvalue weighted by molar-refractivity contribution is 0.153. The molecular weight excluding hydrogens is 145 g/mol. The summed E-state index contributed by atoms with van der Waals surface area (Å²) in [6.07, 6.45) is 0.385. The molecule has 4 heteroatoms. The van der Waals surface area contributed by atoms with Gasteiger partial charge in [0.1, 0.15) is 0 Å². The zero-order valence-corrected chi connectivity index (χ0v) is 4.68. The first kappa shape index (κ1) is 7.18. The first-order chi connectivity index (χ1) is 3.06.